The highest BCUT2D eigenvalue weighted by Crippen LogP contribution is 2.32. The summed E-state index contributed by atoms with van der Waals surface area (Å²) in [6.07, 6.45) is 0.290. The zero-order valence-electron chi connectivity index (χ0n) is 15.8. The van der Waals surface area contributed by atoms with Crippen LogP contribution in [0.15, 0.2) is 66.7 Å². The van der Waals surface area contributed by atoms with E-state index in [1.807, 2.05) is 48.5 Å². The van der Waals surface area contributed by atoms with Crippen LogP contribution in [0.4, 0.5) is 10.1 Å². The maximum Gasteiger partial charge on any atom is 0.231 e. The van der Waals surface area contributed by atoms with E-state index in [9.17, 15) is 9.18 Å². The predicted octanol–water partition coefficient (Wildman–Crippen LogP) is 4.03. The highest BCUT2D eigenvalue weighted by molar-refractivity contribution is 5.78. The van der Waals surface area contributed by atoms with E-state index in [0.717, 1.165) is 22.6 Å². The van der Waals surface area contributed by atoms with Crippen molar-refractivity contribution in [3.63, 3.8) is 0 Å². The van der Waals surface area contributed by atoms with Crippen LogP contribution in [-0.4, -0.2) is 12.7 Å². The van der Waals surface area contributed by atoms with Crippen molar-refractivity contribution < 1.29 is 18.7 Å². The molecule has 0 spiro atoms. The summed E-state index contributed by atoms with van der Waals surface area (Å²) >= 11 is 0. The van der Waals surface area contributed by atoms with Crippen LogP contribution in [0, 0.1) is 5.82 Å². The van der Waals surface area contributed by atoms with Crippen LogP contribution < -0.4 is 20.1 Å². The average Bonchev–Trinajstić information content (AvgIpc) is 3.21. The molecule has 5 nitrogen and oxygen atoms in total. The molecule has 0 fully saturated rings. The van der Waals surface area contributed by atoms with Gasteiger partial charge in [0.25, 0.3) is 0 Å². The van der Waals surface area contributed by atoms with Crippen molar-refractivity contribution in [2.45, 2.75) is 19.5 Å². The minimum absolute atomic E-state index is 0.0604. The smallest absolute Gasteiger partial charge is 0.231 e. The van der Waals surface area contributed by atoms with Gasteiger partial charge < -0.3 is 20.1 Å². The Morgan fingerprint density at radius 3 is 2.48 bits per heavy atom. The normalized spacial score (nSPS) is 11.9. The highest BCUT2D eigenvalue weighted by Gasteiger charge is 2.13. The zero-order valence-corrected chi connectivity index (χ0v) is 15.8. The summed E-state index contributed by atoms with van der Waals surface area (Å²) in [5, 5.41) is 6.10. The molecule has 0 saturated carbocycles. The summed E-state index contributed by atoms with van der Waals surface area (Å²) in [7, 11) is 0. The summed E-state index contributed by atoms with van der Waals surface area (Å²) in [4.78, 5) is 12.2. The minimum Gasteiger partial charge on any atom is -0.454 e. The Labute approximate surface area is 168 Å². The van der Waals surface area contributed by atoms with Crippen LogP contribution in [0.1, 0.15) is 16.7 Å². The average molecular weight is 392 g/mol. The van der Waals surface area contributed by atoms with E-state index >= 15 is 0 Å². The molecule has 3 aromatic carbocycles. The molecule has 1 heterocycles. The van der Waals surface area contributed by atoms with E-state index in [0.29, 0.717) is 24.4 Å². The molecule has 4 rings (SSSR count). The predicted molar refractivity (Wildman–Crippen MR) is 108 cm³/mol. The lowest BCUT2D eigenvalue weighted by Gasteiger charge is -2.09. The molecule has 6 heteroatoms. The first-order chi connectivity index (χ1) is 14.2. The number of fused-ring (bicyclic) bond motifs is 1. The van der Waals surface area contributed by atoms with Gasteiger partial charge in [-0.05, 0) is 41.5 Å². The molecular formula is C23H21FN2O3. The summed E-state index contributed by atoms with van der Waals surface area (Å²) in [6, 6.07) is 19.9. The van der Waals surface area contributed by atoms with E-state index in [1.165, 1.54) is 6.07 Å². The SMILES string of the molecule is O=C(Cc1ccc(NCc2ccccc2F)cc1)NCc1ccc2c(c1)OCO2. The minimum atomic E-state index is -0.226. The van der Waals surface area contributed by atoms with Gasteiger partial charge in [0, 0.05) is 24.3 Å². The Morgan fingerprint density at radius 1 is 0.897 bits per heavy atom. The van der Waals surface area contributed by atoms with Gasteiger partial charge in [0.2, 0.25) is 12.7 Å². The number of halogens is 1. The Morgan fingerprint density at radius 2 is 1.66 bits per heavy atom. The van der Waals surface area contributed by atoms with Crippen molar-refractivity contribution in [1.82, 2.24) is 5.32 Å². The number of ether oxygens (including phenoxy) is 2. The molecule has 148 valence electrons. The fourth-order valence-electron chi connectivity index (χ4n) is 3.08. The van der Waals surface area contributed by atoms with Gasteiger partial charge in [-0.3, -0.25) is 4.79 Å². The first-order valence-electron chi connectivity index (χ1n) is 9.39. The van der Waals surface area contributed by atoms with Crippen LogP contribution in [0.3, 0.4) is 0 Å². The molecule has 0 aromatic heterocycles. The monoisotopic (exact) mass is 392 g/mol. The molecule has 0 aliphatic carbocycles. The number of rotatable bonds is 7. The Balaban J connectivity index is 1.26. The van der Waals surface area contributed by atoms with Crippen molar-refractivity contribution in [2.24, 2.45) is 0 Å². The molecule has 0 unspecified atom stereocenters. The van der Waals surface area contributed by atoms with Gasteiger partial charge in [-0.25, -0.2) is 4.39 Å². The van der Waals surface area contributed by atoms with Crippen molar-refractivity contribution in [3.05, 3.63) is 89.2 Å². The fourth-order valence-corrected chi connectivity index (χ4v) is 3.08. The second kappa shape index (κ2) is 8.65. The highest BCUT2D eigenvalue weighted by atomic mass is 19.1. The number of anilines is 1. The number of benzene rings is 3. The van der Waals surface area contributed by atoms with E-state index in [1.54, 1.807) is 12.1 Å². The standard InChI is InChI=1S/C23H21FN2O3/c24-20-4-2-1-3-18(20)14-25-19-8-5-16(6-9-19)12-23(27)26-13-17-7-10-21-22(11-17)29-15-28-21/h1-11,25H,12-15H2,(H,26,27). The fraction of sp³-hybridized carbons (Fsp3) is 0.174. The third kappa shape index (κ3) is 4.85. The van der Waals surface area contributed by atoms with Gasteiger partial charge in [-0.2, -0.15) is 0 Å². The summed E-state index contributed by atoms with van der Waals surface area (Å²) in [6.45, 7) is 1.07. The van der Waals surface area contributed by atoms with Gasteiger partial charge in [0.1, 0.15) is 5.82 Å². The Hall–Kier alpha value is -3.54. The van der Waals surface area contributed by atoms with Gasteiger partial charge in [0.15, 0.2) is 11.5 Å². The van der Waals surface area contributed by atoms with Gasteiger partial charge >= 0.3 is 0 Å². The first kappa shape index (κ1) is 18.8. The molecule has 29 heavy (non-hydrogen) atoms. The van der Waals surface area contributed by atoms with Crippen LogP contribution in [0.2, 0.25) is 0 Å². The lowest BCUT2D eigenvalue weighted by molar-refractivity contribution is -0.120. The summed E-state index contributed by atoms with van der Waals surface area (Å²) < 4.78 is 24.3. The molecule has 1 aliphatic heterocycles. The van der Waals surface area contributed by atoms with Crippen LogP contribution in [0.5, 0.6) is 11.5 Å². The van der Waals surface area contributed by atoms with Crippen molar-refractivity contribution in [3.8, 4) is 11.5 Å². The largest absolute Gasteiger partial charge is 0.454 e. The van der Waals surface area contributed by atoms with Crippen molar-refractivity contribution >= 4 is 11.6 Å². The van der Waals surface area contributed by atoms with E-state index in [-0.39, 0.29) is 24.9 Å². The maximum atomic E-state index is 13.7. The number of carbonyl (C=O) groups excluding carboxylic acids is 1. The number of nitrogens with one attached hydrogen (secondary N) is 2. The molecule has 2 N–H and O–H groups in total. The Kier molecular flexibility index (Phi) is 5.61. The molecule has 1 aliphatic rings. The van der Waals surface area contributed by atoms with Crippen LogP contribution in [0.25, 0.3) is 0 Å². The Bertz CT molecular complexity index is 1010. The van der Waals surface area contributed by atoms with Gasteiger partial charge in [-0.15, -0.1) is 0 Å². The molecule has 0 saturated heterocycles. The molecular weight excluding hydrogens is 371 g/mol. The molecule has 3 aromatic rings. The summed E-state index contributed by atoms with van der Waals surface area (Å²) in [5.41, 5.74) is 3.34. The lowest BCUT2D eigenvalue weighted by atomic mass is 10.1. The van der Waals surface area contributed by atoms with E-state index < -0.39 is 0 Å². The zero-order chi connectivity index (χ0) is 20.1. The second-order valence-electron chi connectivity index (χ2n) is 6.78. The van der Waals surface area contributed by atoms with Crippen molar-refractivity contribution in [2.75, 3.05) is 12.1 Å². The summed E-state index contributed by atoms with van der Waals surface area (Å²) in [5.74, 6) is 1.14. The van der Waals surface area contributed by atoms with E-state index in [2.05, 4.69) is 10.6 Å². The van der Waals surface area contributed by atoms with Gasteiger partial charge in [0.05, 0.1) is 6.42 Å². The third-order valence-electron chi connectivity index (χ3n) is 4.69. The molecule has 0 radical (unpaired) electrons. The van der Waals surface area contributed by atoms with Crippen LogP contribution >= 0.6 is 0 Å². The second-order valence-corrected chi connectivity index (χ2v) is 6.78. The topological polar surface area (TPSA) is 59.6 Å². The number of hydrogen-bond donors (Lipinski definition) is 2. The number of amides is 1. The molecule has 1 amide bonds. The van der Waals surface area contributed by atoms with Crippen LogP contribution in [-0.2, 0) is 24.3 Å². The van der Waals surface area contributed by atoms with E-state index in [4.69, 9.17) is 9.47 Å². The first-order valence-corrected chi connectivity index (χ1v) is 9.39. The molecule has 0 bridgehead atoms. The lowest BCUT2D eigenvalue weighted by Crippen LogP contribution is -2.24. The number of carbonyl (C=O) groups is 1. The third-order valence-corrected chi connectivity index (χ3v) is 4.69. The quantitative estimate of drug-likeness (QED) is 0.638. The van der Waals surface area contributed by atoms with Gasteiger partial charge in [-0.1, -0.05) is 36.4 Å². The maximum absolute atomic E-state index is 13.7. The van der Waals surface area contributed by atoms with Crippen molar-refractivity contribution in [1.29, 1.82) is 0 Å². The number of hydrogen-bond acceptors (Lipinski definition) is 4. The molecule has 0 atom stereocenters.